The Balaban J connectivity index is 1.82. The minimum atomic E-state index is -1.85. The van der Waals surface area contributed by atoms with Gasteiger partial charge in [-0.2, -0.15) is 0 Å². The quantitative estimate of drug-likeness (QED) is 0.0524. The molecule has 0 aliphatic heterocycles. The molecule has 4 rings (SSSR count). The Morgan fingerprint density at radius 2 is 1.06 bits per heavy atom. The molecule has 8 nitrogen and oxygen atoms in total. The third-order valence-electron chi connectivity index (χ3n) is 8.23. The van der Waals surface area contributed by atoms with Crippen LogP contribution in [0.4, 0.5) is 0 Å². The van der Waals surface area contributed by atoms with Crippen LogP contribution in [0.5, 0.6) is 17.2 Å². The van der Waals surface area contributed by atoms with Crippen molar-refractivity contribution in [2.45, 2.75) is 32.1 Å². The first kappa shape index (κ1) is 37.6. The summed E-state index contributed by atoms with van der Waals surface area (Å²) in [6.45, 7) is 16.4. The Morgan fingerprint density at radius 1 is 0.620 bits per heavy atom. The molecule has 0 heterocycles. The van der Waals surface area contributed by atoms with E-state index in [1.807, 2.05) is 53.9 Å². The van der Waals surface area contributed by atoms with E-state index in [0.29, 0.717) is 46.4 Å². The molecule has 50 heavy (non-hydrogen) atoms. The Morgan fingerprint density at radius 3 is 1.54 bits per heavy atom. The lowest BCUT2D eigenvalue weighted by molar-refractivity contribution is 0.0562. The third kappa shape index (κ3) is 9.70. The van der Waals surface area contributed by atoms with Crippen molar-refractivity contribution in [2.24, 2.45) is 0 Å². The molecular weight excluding hydrogens is 665 g/mol. The summed E-state index contributed by atoms with van der Waals surface area (Å²) in [6, 6.07) is 26.8. The second-order valence-electron chi connectivity index (χ2n) is 13.2. The minimum absolute atomic E-state index is 0.339. The molecule has 1 atom stereocenters. The van der Waals surface area contributed by atoms with Gasteiger partial charge in [0.2, 0.25) is 0 Å². The van der Waals surface area contributed by atoms with Crippen LogP contribution >= 0.6 is 0 Å². The molecule has 0 amide bonds. The SMILES string of the molecule is C=C[Si](C)(C)COC(=O)c1ccc(C(c2ccc(C(=O)OC)cc2)c2cc(OC[Si](C)(C)C=C)ccc2Oc2ccc(C(=O)OC)cc2)cc1. The van der Waals surface area contributed by atoms with Gasteiger partial charge in [0.25, 0.3) is 0 Å². The van der Waals surface area contributed by atoms with E-state index in [1.165, 1.54) is 14.2 Å². The van der Waals surface area contributed by atoms with Crippen LogP contribution in [0.3, 0.4) is 0 Å². The maximum Gasteiger partial charge on any atom is 0.337 e. The molecule has 0 aromatic heterocycles. The second kappa shape index (κ2) is 16.5. The van der Waals surface area contributed by atoms with Gasteiger partial charge in [-0.05, 0) is 77.9 Å². The minimum Gasteiger partial charge on any atom is -0.497 e. The summed E-state index contributed by atoms with van der Waals surface area (Å²) in [6.07, 6.45) is 0.873. The van der Waals surface area contributed by atoms with Crippen LogP contribution < -0.4 is 9.47 Å². The van der Waals surface area contributed by atoms with Gasteiger partial charge in [-0.1, -0.05) is 61.9 Å². The van der Waals surface area contributed by atoms with Crippen molar-refractivity contribution in [2.75, 3.05) is 26.7 Å². The lowest BCUT2D eigenvalue weighted by atomic mass is 9.84. The van der Waals surface area contributed by atoms with E-state index in [4.69, 9.17) is 23.7 Å². The summed E-state index contributed by atoms with van der Waals surface area (Å²) in [4.78, 5) is 37.3. The zero-order valence-corrected chi connectivity index (χ0v) is 31.5. The number of benzene rings is 4. The molecule has 1 unspecified atom stereocenters. The first-order valence-corrected chi connectivity index (χ1v) is 22.7. The van der Waals surface area contributed by atoms with E-state index in [9.17, 15) is 14.4 Å². The molecule has 0 radical (unpaired) electrons. The van der Waals surface area contributed by atoms with Gasteiger partial charge < -0.3 is 23.7 Å². The fourth-order valence-corrected chi connectivity index (χ4v) is 6.13. The molecule has 0 saturated carbocycles. The molecule has 260 valence electrons. The van der Waals surface area contributed by atoms with Gasteiger partial charge in [-0.15, -0.1) is 13.2 Å². The molecule has 0 bridgehead atoms. The van der Waals surface area contributed by atoms with E-state index in [2.05, 4.69) is 39.3 Å². The zero-order valence-electron chi connectivity index (χ0n) is 29.5. The van der Waals surface area contributed by atoms with Gasteiger partial charge in [-0.3, -0.25) is 0 Å². The normalized spacial score (nSPS) is 11.9. The summed E-state index contributed by atoms with van der Waals surface area (Å²) >= 11 is 0. The van der Waals surface area contributed by atoms with Gasteiger partial charge in [-0.25, -0.2) is 14.4 Å². The average molecular weight is 709 g/mol. The fraction of sp³-hybridized carbons (Fsp3) is 0.225. The van der Waals surface area contributed by atoms with Gasteiger partial charge in [0.05, 0.1) is 43.4 Å². The molecular formula is C40H44O8Si2. The first-order chi connectivity index (χ1) is 23.8. The number of methoxy groups -OCH3 is 2. The van der Waals surface area contributed by atoms with E-state index in [-0.39, 0.29) is 0 Å². The maximum atomic E-state index is 13.0. The molecule has 0 saturated heterocycles. The highest BCUT2D eigenvalue weighted by Crippen LogP contribution is 2.41. The molecule has 0 fully saturated rings. The highest BCUT2D eigenvalue weighted by atomic mass is 28.3. The Hall–Kier alpha value is -5.20. The van der Waals surface area contributed by atoms with E-state index in [1.54, 1.807) is 48.5 Å². The topological polar surface area (TPSA) is 97.4 Å². The predicted octanol–water partition coefficient (Wildman–Crippen LogP) is 8.71. The van der Waals surface area contributed by atoms with Crippen molar-refractivity contribution in [1.29, 1.82) is 0 Å². The van der Waals surface area contributed by atoms with Crippen LogP contribution in [-0.4, -0.2) is 60.7 Å². The van der Waals surface area contributed by atoms with Crippen LogP contribution in [0.1, 0.15) is 53.7 Å². The number of esters is 3. The third-order valence-corrected chi connectivity index (χ3v) is 12.2. The summed E-state index contributed by atoms with van der Waals surface area (Å²) in [5, 5.41) is 0. The maximum absolute atomic E-state index is 13.0. The van der Waals surface area contributed by atoms with Crippen molar-refractivity contribution in [1.82, 2.24) is 0 Å². The molecule has 0 aliphatic rings. The summed E-state index contributed by atoms with van der Waals surface area (Å²) < 4.78 is 28.2. The molecule has 0 spiro atoms. The van der Waals surface area contributed by atoms with Crippen molar-refractivity contribution < 1.29 is 38.1 Å². The molecule has 0 N–H and O–H groups in total. The van der Waals surface area contributed by atoms with Crippen LogP contribution in [0, 0.1) is 0 Å². The van der Waals surface area contributed by atoms with E-state index >= 15 is 0 Å². The number of hydrogen-bond donors (Lipinski definition) is 0. The number of rotatable bonds is 15. The summed E-state index contributed by atoms with van der Waals surface area (Å²) in [5.74, 6) is 0.00286. The van der Waals surface area contributed by atoms with Gasteiger partial charge >= 0.3 is 17.9 Å². The smallest absolute Gasteiger partial charge is 0.337 e. The number of carbonyl (C=O) groups excluding carboxylic acids is 3. The molecule has 4 aromatic rings. The van der Waals surface area contributed by atoms with Crippen LogP contribution in [0.2, 0.25) is 26.2 Å². The summed E-state index contributed by atoms with van der Waals surface area (Å²) in [5.41, 5.74) is 7.61. The highest BCUT2D eigenvalue weighted by Gasteiger charge is 2.25. The zero-order chi connectivity index (χ0) is 36.5. The summed E-state index contributed by atoms with van der Waals surface area (Å²) in [7, 11) is -0.972. The van der Waals surface area contributed by atoms with E-state index < -0.39 is 40.0 Å². The lowest BCUT2D eigenvalue weighted by Crippen LogP contribution is -2.32. The van der Waals surface area contributed by atoms with Crippen molar-refractivity contribution in [3.63, 3.8) is 0 Å². The number of hydrogen-bond acceptors (Lipinski definition) is 8. The van der Waals surface area contributed by atoms with Gasteiger partial charge in [0, 0.05) is 11.5 Å². The fourth-order valence-electron chi connectivity index (χ4n) is 4.85. The standard InChI is InChI=1S/C40H44O8Si2/c1-9-49(5,6)26-46-34-23-24-36(48-33-21-19-31(20-22-33)39(42)45-4)35(25-34)37(28-11-15-30(16-12-28)38(41)44-3)29-13-17-32(18-14-29)40(43)47-27-50(7,8)10-2/h9-25,37H,1-2,26-27H2,3-8H3. The molecule has 0 aliphatic carbocycles. The Kier molecular flexibility index (Phi) is 12.4. The number of carbonyl (C=O) groups is 3. The second-order valence-corrected chi connectivity index (χ2v) is 22.6. The predicted molar refractivity (Wildman–Crippen MR) is 201 cm³/mol. The van der Waals surface area contributed by atoms with Crippen molar-refractivity contribution in [3.05, 3.63) is 149 Å². The van der Waals surface area contributed by atoms with Gasteiger partial charge in [0.1, 0.15) is 33.4 Å². The largest absolute Gasteiger partial charge is 0.497 e. The molecule has 10 heteroatoms. The average Bonchev–Trinajstić information content (AvgIpc) is 3.14. The van der Waals surface area contributed by atoms with Crippen LogP contribution in [0.15, 0.2) is 116 Å². The highest BCUT2D eigenvalue weighted by molar-refractivity contribution is 6.82. The first-order valence-electron chi connectivity index (χ1n) is 16.2. The van der Waals surface area contributed by atoms with E-state index in [0.717, 1.165) is 16.7 Å². The Labute approximate surface area is 296 Å². The lowest BCUT2D eigenvalue weighted by Gasteiger charge is -2.24. The van der Waals surface area contributed by atoms with Crippen molar-refractivity contribution in [3.8, 4) is 17.2 Å². The Bertz CT molecular complexity index is 1830. The monoisotopic (exact) mass is 708 g/mol. The van der Waals surface area contributed by atoms with Crippen LogP contribution in [0.25, 0.3) is 0 Å². The van der Waals surface area contributed by atoms with Crippen molar-refractivity contribution >= 4 is 34.1 Å². The number of ether oxygens (including phenoxy) is 5. The molecule has 4 aromatic carbocycles. The van der Waals surface area contributed by atoms with Crippen LogP contribution in [-0.2, 0) is 14.2 Å². The van der Waals surface area contributed by atoms with Gasteiger partial charge in [0.15, 0.2) is 0 Å².